The predicted molar refractivity (Wildman–Crippen MR) is 117 cm³/mol. The molecule has 0 N–H and O–H groups in total. The second-order valence-corrected chi connectivity index (χ2v) is 7.57. The van der Waals surface area contributed by atoms with Crippen LogP contribution in [-0.2, 0) is 6.42 Å². The molecule has 4 rings (SSSR count). The Balaban J connectivity index is 1.60. The number of aromatic nitrogens is 4. The number of piperidine rings is 1. The minimum atomic E-state index is -2.60. The molecule has 0 bridgehead atoms. The van der Waals surface area contributed by atoms with Gasteiger partial charge < -0.3 is 9.80 Å². The van der Waals surface area contributed by atoms with Crippen molar-refractivity contribution in [1.82, 2.24) is 19.9 Å². The van der Waals surface area contributed by atoms with E-state index >= 15 is 0 Å². The van der Waals surface area contributed by atoms with Crippen LogP contribution in [-0.4, -0.2) is 39.1 Å². The molecular formula is C23H23F2N7. The number of pyridine rings is 2. The van der Waals surface area contributed by atoms with Crippen LogP contribution < -0.4 is 9.80 Å². The van der Waals surface area contributed by atoms with E-state index in [-0.39, 0.29) is 11.7 Å². The van der Waals surface area contributed by atoms with Crippen molar-refractivity contribution in [2.24, 2.45) is 0 Å². The lowest BCUT2D eigenvalue weighted by Gasteiger charge is -2.40. The van der Waals surface area contributed by atoms with Crippen LogP contribution in [0, 0.1) is 11.3 Å². The minimum absolute atomic E-state index is 0.137. The van der Waals surface area contributed by atoms with Gasteiger partial charge in [-0.05, 0) is 43.0 Å². The highest BCUT2D eigenvalue weighted by atomic mass is 19.3. The number of rotatable bonds is 6. The van der Waals surface area contributed by atoms with E-state index in [1.807, 2.05) is 18.3 Å². The molecule has 3 aromatic heterocycles. The van der Waals surface area contributed by atoms with Crippen LogP contribution in [0.25, 0.3) is 0 Å². The van der Waals surface area contributed by atoms with Gasteiger partial charge in [-0.1, -0.05) is 6.92 Å². The first-order valence-corrected chi connectivity index (χ1v) is 10.5. The Morgan fingerprint density at radius 1 is 1.09 bits per heavy atom. The van der Waals surface area contributed by atoms with Crippen LogP contribution in [0.5, 0.6) is 0 Å². The Kier molecular flexibility index (Phi) is 6.50. The molecule has 0 atom stereocenters. The van der Waals surface area contributed by atoms with Gasteiger partial charge in [0.2, 0.25) is 5.95 Å². The number of aryl methyl sites for hydroxylation is 1. The fourth-order valence-electron chi connectivity index (χ4n) is 4.01. The summed E-state index contributed by atoms with van der Waals surface area (Å²) in [5.74, 6) is 0.604. The first-order valence-electron chi connectivity index (χ1n) is 10.5. The third-order valence-corrected chi connectivity index (χ3v) is 5.68. The van der Waals surface area contributed by atoms with Gasteiger partial charge in [0.1, 0.15) is 11.8 Å². The van der Waals surface area contributed by atoms with Gasteiger partial charge >= 0.3 is 0 Å². The lowest BCUT2D eigenvalue weighted by molar-refractivity contribution is 0.146. The Labute approximate surface area is 185 Å². The Morgan fingerprint density at radius 2 is 1.84 bits per heavy atom. The van der Waals surface area contributed by atoms with Gasteiger partial charge in [-0.3, -0.25) is 9.97 Å². The van der Waals surface area contributed by atoms with Gasteiger partial charge in [0.25, 0.3) is 6.43 Å². The number of nitriles is 1. The maximum Gasteiger partial charge on any atom is 0.280 e. The van der Waals surface area contributed by atoms with Gasteiger partial charge in [0.05, 0.1) is 41.7 Å². The van der Waals surface area contributed by atoms with Crippen LogP contribution in [0.1, 0.15) is 43.0 Å². The third-order valence-electron chi connectivity index (χ3n) is 5.68. The number of nitrogens with zero attached hydrogens (tertiary/aromatic N) is 7. The molecule has 1 fully saturated rings. The quantitative estimate of drug-likeness (QED) is 0.566. The van der Waals surface area contributed by atoms with Crippen molar-refractivity contribution in [2.75, 3.05) is 22.9 Å². The summed E-state index contributed by atoms with van der Waals surface area (Å²) >= 11 is 0. The highest BCUT2D eigenvalue weighted by Crippen LogP contribution is 2.35. The zero-order valence-electron chi connectivity index (χ0n) is 17.7. The molecular weight excluding hydrogens is 412 g/mol. The first-order chi connectivity index (χ1) is 15.6. The second-order valence-electron chi connectivity index (χ2n) is 7.57. The molecule has 3 aromatic rings. The van der Waals surface area contributed by atoms with Crippen LogP contribution in [0.2, 0.25) is 0 Å². The molecule has 4 heterocycles. The number of anilines is 3. The molecule has 0 unspecified atom stereocenters. The van der Waals surface area contributed by atoms with Crippen LogP contribution in [0.15, 0.2) is 49.2 Å². The van der Waals surface area contributed by atoms with E-state index in [0.717, 1.165) is 49.3 Å². The van der Waals surface area contributed by atoms with E-state index in [9.17, 15) is 8.78 Å². The van der Waals surface area contributed by atoms with Gasteiger partial charge in [0, 0.05) is 25.3 Å². The lowest BCUT2D eigenvalue weighted by atomic mass is 10.0. The fourth-order valence-corrected chi connectivity index (χ4v) is 4.01. The molecule has 7 nitrogen and oxygen atoms in total. The van der Waals surface area contributed by atoms with E-state index < -0.39 is 6.43 Å². The van der Waals surface area contributed by atoms with E-state index in [2.05, 4.69) is 36.7 Å². The smallest absolute Gasteiger partial charge is 0.280 e. The van der Waals surface area contributed by atoms with Gasteiger partial charge in [-0.15, -0.1) is 0 Å². The van der Waals surface area contributed by atoms with Crippen molar-refractivity contribution in [2.45, 2.75) is 38.7 Å². The molecule has 1 aliphatic heterocycles. The molecule has 0 saturated carbocycles. The molecule has 9 heteroatoms. The van der Waals surface area contributed by atoms with Gasteiger partial charge in [-0.25, -0.2) is 18.7 Å². The van der Waals surface area contributed by atoms with Crippen molar-refractivity contribution < 1.29 is 8.78 Å². The molecule has 0 radical (unpaired) electrons. The summed E-state index contributed by atoms with van der Waals surface area (Å²) in [6, 6.07) is 7.24. The maximum absolute atomic E-state index is 13.0. The molecule has 1 aliphatic rings. The highest BCUT2D eigenvalue weighted by Gasteiger charge is 2.28. The van der Waals surface area contributed by atoms with Gasteiger partial charge in [0.15, 0.2) is 0 Å². The zero-order chi connectivity index (χ0) is 22.5. The second kappa shape index (κ2) is 9.64. The number of hydrogen-bond acceptors (Lipinski definition) is 7. The predicted octanol–water partition coefficient (Wildman–Crippen LogP) is 4.45. The van der Waals surface area contributed by atoms with Crippen LogP contribution in [0.3, 0.4) is 0 Å². The summed E-state index contributed by atoms with van der Waals surface area (Å²) < 4.78 is 26.1. The summed E-state index contributed by atoms with van der Waals surface area (Å²) in [6.07, 6.45) is 8.03. The standard InChI is InChI=1S/C23H23F2N7/c1-2-17-5-8-27-15-21(17)32(19-3-4-20(22(24)25)28-14-19)18-6-9-31(10-7-18)23-29-12-16(11-26)13-30-23/h3-5,8,12-15,18,22H,2,6-7,9-10H2,1H3. The summed E-state index contributed by atoms with van der Waals surface area (Å²) in [7, 11) is 0. The molecule has 1 saturated heterocycles. The zero-order valence-corrected chi connectivity index (χ0v) is 17.7. The first kappa shape index (κ1) is 21.6. The number of halogens is 2. The summed E-state index contributed by atoms with van der Waals surface area (Å²) in [4.78, 5) is 21.2. The van der Waals surface area contributed by atoms with E-state index in [0.29, 0.717) is 11.5 Å². The highest BCUT2D eigenvalue weighted by molar-refractivity contribution is 5.66. The Bertz CT molecular complexity index is 1070. The topological polar surface area (TPSA) is 81.8 Å². The monoisotopic (exact) mass is 435 g/mol. The normalized spacial score (nSPS) is 14.4. The average molecular weight is 435 g/mol. The van der Waals surface area contributed by atoms with E-state index in [1.54, 1.807) is 12.3 Å². The molecule has 0 aliphatic carbocycles. The number of hydrogen-bond donors (Lipinski definition) is 0. The summed E-state index contributed by atoms with van der Waals surface area (Å²) in [5, 5.41) is 8.94. The molecule has 0 spiro atoms. The van der Waals surface area contributed by atoms with E-state index in [4.69, 9.17) is 5.26 Å². The average Bonchev–Trinajstić information content (AvgIpc) is 2.85. The molecule has 0 amide bonds. The Hall–Kier alpha value is -3.67. The largest absolute Gasteiger partial charge is 0.341 e. The van der Waals surface area contributed by atoms with E-state index in [1.165, 1.54) is 24.7 Å². The summed E-state index contributed by atoms with van der Waals surface area (Å²) in [5.41, 5.74) is 3.07. The minimum Gasteiger partial charge on any atom is -0.341 e. The Morgan fingerprint density at radius 3 is 2.44 bits per heavy atom. The molecule has 0 aromatic carbocycles. The van der Waals surface area contributed by atoms with Crippen molar-refractivity contribution in [3.63, 3.8) is 0 Å². The van der Waals surface area contributed by atoms with Crippen LogP contribution >= 0.6 is 0 Å². The van der Waals surface area contributed by atoms with Crippen LogP contribution in [0.4, 0.5) is 26.1 Å². The lowest BCUT2D eigenvalue weighted by Crippen LogP contribution is -2.44. The SMILES string of the molecule is CCc1ccncc1N(c1ccc(C(F)F)nc1)C1CCN(c2ncc(C#N)cn2)CC1. The van der Waals surface area contributed by atoms with Gasteiger partial charge in [-0.2, -0.15) is 5.26 Å². The number of alkyl halides is 2. The maximum atomic E-state index is 13.0. The van der Waals surface area contributed by atoms with Crippen molar-refractivity contribution in [3.05, 3.63) is 66.0 Å². The fraction of sp³-hybridized carbons (Fsp3) is 0.348. The molecule has 32 heavy (non-hydrogen) atoms. The van der Waals surface area contributed by atoms with Crippen molar-refractivity contribution >= 4 is 17.3 Å². The van der Waals surface area contributed by atoms with Crippen molar-refractivity contribution in [3.8, 4) is 6.07 Å². The van der Waals surface area contributed by atoms with Crippen molar-refractivity contribution in [1.29, 1.82) is 5.26 Å². The summed E-state index contributed by atoms with van der Waals surface area (Å²) in [6.45, 7) is 3.55. The third kappa shape index (κ3) is 4.49. The molecule has 164 valence electrons.